The van der Waals surface area contributed by atoms with Crippen LogP contribution in [0.15, 0.2) is 24.3 Å². The van der Waals surface area contributed by atoms with Crippen molar-refractivity contribution in [2.24, 2.45) is 5.92 Å². The van der Waals surface area contributed by atoms with E-state index < -0.39 is 0 Å². The van der Waals surface area contributed by atoms with Crippen molar-refractivity contribution in [3.63, 3.8) is 0 Å². The molecule has 104 valence electrons. The molecular weight excluding hydrogens is 242 g/mol. The van der Waals surface area contributed by atoms with Crippen molar-refractivity contribution < 1.29 is 9.59 Å². The standard InChI is InChI=1S/C14H21N3O2/c1-10(2)9-15-14(19)16-12-7-5-11(6-8-12)13(18)17(3)4/h5-8,10H,9H2,1-4H3,(H2,15,16,19). The number of carbonyl (C=O) groups excluding carboxylic acids is 2. The summed E-state index contributed by atoms with van der Waals surface area (Å²) in [7, 11) is 3.40. The van der Waals surface area contributed by atoms with Gasteiger partial charge in [-0.25, -0.2) is 4.79 Å². The number of benzene rings is 1. The summed E-state index contributed by atoms with van der Waals surface area (Å²) in [4.78, 5) is 24.7. The molecule has 3 amide bonds. The molecular formula is C14H21N3O2. The lowest BCUT2D eigenvalue weighted by atomic mass is 10.2. The van der Waals surface area contributed by atoms with E-state index in [-0.39, 0.29) is 11.9 Å². The van der Waals surface area contributed by atoms with Crippen molar-refractivity contribution in [2.45, 2.75) is 13.8 Å². The van der Waals surface area contributed by atoms with Gasteiger partial charge in [-0.2, -0.15) is 0 Å². The third kappa shape index (κ3) is 4.99. The number of carbonyl (C=O) groups is 2. The molecule has 19 heavy (non-hydrogen) atoms. The summed E-state index contributed by atoms with van der Waals surface area (Å²) in [6.07, 6.45) is 0. The van der Waals surface area contributed by atoms with Crippen molar-refractivity contribution in [1.82, 2.24) is 10.2 Å². The smallest absolute Gasteiger partial charge is 0.319 e. The summed E-state index contributed by atoms with van der Waals surface area (Å²) in [5.74, 6) is 0.349. The van der Waals surface area contributed by atoms with Gasteiger partial charge in [0.15, 0.2) is 0 Å². The third-order valence-corrected chi connectivity index (χ3v) is 2.47. The van der Waals surface area contributed by atoms with E-state index in [0.717, 1.165) is 0 Å². The van der Waals surface area contributed by atoms with Crippen LogP contribution in [0.4, 0.5) is 10.5 Å². The van der Waals surface area contributed by atoms with Gasteiger partial charge in [0.2, 0.25) is 0 Å². The van der Waals surface area contributed by atoms with Gasteiger partial charge in [0.25, 0.3) is 5.91 Å². The van der Waals surface area contributed by atoms with E-state index in [2.05, 4.69) is 10.6 Å². The third-order valence-electron chi connectivity index (χ3n) is 2.47. The Bertz CT molecular complexity index is 439. The maximum atomic E-state index is 11.7. The molecule has 0 aliphatic carbocycles. The molecule has 1 aromatic rings. The van der Waals surface area contributed by atoms with E-state index in [1.165, 1.54) is 4.90 Å². The SMILES string of the molecule is CC(C)CNC(=O)Nc1ccc(C(=O)N(C)C)cc1. The zero-order chi connectivity index (χ0) is 14.4. The molecule has 0 aromatic heterocycles. The van der Waals surface area contributed by atoms with Gasteiger partial charge in [0, 0.05) is 31.9 Å². The van der Waals surface area contributed by atoms with Crippen LogP contribution in [0.2, 0.25) is 0 Å². The van der Waals surface area contributed by atoms with Crippen molar-refractivity contribution in [3.05, 3.63) is 29.8 Å². The van der Waals surface area contributed by atoms with Crippen LogP contribution < -0.4 is 10.6 Å². The highest BCUT2D eigenvalue weighted by atomic mass is 16.2. The van der Waals surface area contributed by atoms with Gasteiger partial charge in [0.05, 0.1) is 0 Å². The molecule has 0 aliphatic rings. The number of hydrogen-bond acceptors (Lipinski definition) is 2. The molecule has 0 aliphatic heterocycles. The number of nitrogens with one attached hydrogen (secondary N) is 2. The van der Waals surface area contributed by atoms with E-state index >= 15 is 0 Å². The first-order valence-corrected chi connectivity index (χ1v) is 6.26. The largest absolute Gasteiger partial charge is 0.345 e. The molecule has 5 heteroatoms. The molecule has 0 radical (unpaired) electrons. The summed E-state index contributed by atoms with van der Waals surface area (Å²) in [5, 5.41) is 5.48. The second-order valence-electron chi connectivity index (χ2n) is 5.01. The Morgan fingerprint density at radius 2 is 1.74 bits per heavy atom. The van der Waals surface area contributed by atoms with E-state index in [0.29, 0.717) is 23.7 Å². The molecule has 0 unspecified atom stereocenters. The van der Waals surface area contributed by atoms with Crippen LogP contribution in [0.1, 0.15) is 24.2 Å². The van der Waals surface area contributed by atoms with E-state index in [1.807, 2.05) is 13.8 Å². The predicted octanol–water partition coefficient (Wildman–Crippen LogP) is 2.17. The summed E-state index contributed by atoms with van der Waals surface area (Å²) in [5.41, 5.74) is 1.26. The van der Waals surface area contributed by atoms with Gasteiger partial charge in [-0.05, 0) is 30.2 Å². The Morgan fingerprint density at radius 1 is 1.16 bits per heavy atom. The lowest BCUT2D eigenvalue weighted by molar-refractivity contribution is 0.0827. The summed E-state index contributed by atoms with van der Waals surface area (Å²) in [6.45, 7) is 4.69. The summed E-state index contributed by atoms with van der Waals surface area (Å²) < 4.78 is 0. The van der Waals surface area contributed by atoms with Crippen LogP contribution in [0.25, 0.3) is 0 Å². The first-order valence-electron chi connectivity index (χ1n) is 6.26. The molecule has 0 spiro atoms. The molecule has 0 heterocycles. The zero-order valence-electron chi connectivity index (χ0n) is 11.9. The fourth-order valence-corrected chi connectivity index (χ4v) is 1.43. The van der Waals surface area contributed by atoms with Crippen LogP contribution in [0, 0.1) is 5.92 Å². The molecule has 0 atom stereocenters. The van der Waals surface area contributed by atoms with Crippen LogP contribution >= 0.6 is 0 Å². The minimum atomic E-state index is -0.236. The Balaban J connectivity index is 2.57. The highest BCUT2D eigenvalue weighted by Crippen LogP contribution is 2.10. The maximum absolute atomic E-state index is 11.7. The van der Waals surface area contributed by atoms with E-state index in [9.17, 15) is 9.59 Å². The van der Waals surface area contributed by atoms with Crippen molar-refractivity contribution >= 4 is 17.6 Å². The van der Waals surface area contributed by atoms with Crippen LogP contribution in [0.3, 0.4) is 0 Å². The van der Waals surface area contributed by atoms with Crippen LogP contribution in [0.5, 0.6) is 0 Å². The Labute approximate surface area is 114 Å². The van der Waals surface area contributed by atoms with Crippen molar-refractivity contribution in [3.8, 4) is 0 Å². The number of amides is 3. The fraction of sp³-hybridized carbons (Fsp3) is 0.429. The quantitative estimate of drug-likeness (QED) is 0.874. The molecule has 1 rings (SSSR count). The number of nitrogens with zero attached hydrogens (tertiary/aromatic N) is 1. The molecule has 0 fully saturated rings. The average Bonchev–Trinajstić information content (AvgIpc) is 2.36. The van der Waals surface area contributed by atoms with E-state index in [4.69, 9.17) is 0 Å². The number of hydrogen-bond donors (Lipinski definition) is 2. The Kier molecular flexibility index (Phi) is 5.36. The van der Waals surface area contributed by atoms with Gasteiger partial charge in [-0.3, -0.25) is 4.79 Å². The van der Waals surface area contributed by atoms with Crippen molar-refractivity contribution in [2.75, 3.05) is 26.0 Å². The summed E-state index contributed by atoms with van der Waals surface area (Å²) in [6, 6.07) is 6.58. The van der Waals surface area contributed by atoms with Crippen molar-refractivity contribution in [1.29, 1.82) is 0 Å². The topological polar surface area (TPSA) is 61.4 Å². The lowest BCUT2D eigenvalue weighted by Gasteiger charge is -2.12. The zero-order valence-corrected chi connectivity index (χ0v) is 11.9. The van der Waals surface area contributed by atoms with Crippen LogP contribution in [-0.2, 0) is 0 Å². The number of rotatable bonds is 4. The first kappa shape index (κ1) is 15.0. The fourth-order valence-electron chi connectivity index (χ4n) is 1.43. The second-order valence-corrected chi connectivity index (χ2v) is 5.01. The van der Waals surface area contributed by atoms with Gasteiger partial charge in [0.1, 0.15) is 0 Å². The minimum absolute atomic E-state index is 0.0594. The minimum Gasteiger partial charge on any atom is -0.345 e. The average molecular weight is 263 g/mol. The molecule has 0 bridgehead atoms. The number of urea groups is 1. The summed E-state index contributed by atoms with van der Waals surface area (Å²) >= 11 is 0. The predicted molar refractivity (Wildman–Crippen MR) is 76.3 cm³/mol. The first-order chi connectivity index (χ1) is 8.90. The lowest BCUT2D eigenvalue weighted by Crippen LogP contribution is -2.31. The highest BCUT2D eigenvalue weighted by molar-refractivity contribution is 5.95. The van der Waals surface area contributed by atoms with Gasteiger partial charge < -0.3 is 15.5 Å². The molecule has 5 nitrogen and oxygen atoms in total. The normalized spacial score (nSPS) is 10.2. The monoisotopic (exact) mass is 263 g/mol. The molecule has 1 aromatic carbocycles. The molecule has 2 N–H and O–H groups in total. The van der Waals surface area contributed by atoms with Gasteiger partial charge in [-0.1, -0.05) is 13.8 Å². The van der Waals surface area contributed by atoms with E-state index in [1.54, 1.807) is 38.4 Å². The van der Waals surface area contributed by atoms with Crippen LogP contribution in [-0.4, -0.2) is 37.5 Å². The molecule has 0 saturated heterocycles. The Morgan fingerprint density at radius 3 is 2.21 bits per heavy atom. The second kappa shape index (κ2) is 6.78. The highest BCUT2D eigenvalue weighted by Gasteiger charge is 2.08. The van der Waals surface area contributed by atoms with Gasteiger partial charge >= 0.3 is 6.03 Å². The number of anilines is 1. The molecule has 0 saturated carbocycles. The maximum Gasteiger partial charge on any atom is 0.319 e. The van der Waals surface area contributed by atoms with Gasteiger partial charge in [-0.15, -0.1) is 0 Å². The Hall–Kier alpha value is -2.04.